The van der Waals surface area contributed by atoms with Gasteiger partial charge in [-0.3, -0.25) is 10.1 Å². The monoisotopic (exact) mass is 258 g/mol. The quantitative estimate of drug-likeness (QED) is 0.900. The zero-order valence-corrected chi connectivity index (χ0v) is 11.6. The molecule has 1 aromatic carbocycles. The summed E-state index contributed by atoms with van der Waals surface area (Å²) in [6.07, 6.45) is 5.32. The van der Waals surface area contributed by atoms with E-state index < -0.39 is 0 Å². The highest BCUT2D eigenvalue weighted by atomic mass is 16.2. The summed E-state index contributed by atoms with van der Waals surface area (Å²) in [7, 11) is 0. The van der Waals surface area contributed by atoms with Crippen molar-refractivity contribution < 1.29 is 4.79 Å². The number of nitrogens with zero attached hydrogens (tertiary/aromatic N) is 1. The first kappa shape index (κ1) is 12.7. The van der Waals surface area contributed by atoms with Crippen LogP contribution in [0.3, 0.4) is 0 Å². The summed E-state index contributed by atoms with van der Waals surface area (Å²) < 4.78 is 0. The SMILES string of the molecule is Cc1cccc(C2NCC(=O)N2CCC2CCC2)c1. The molecule has 102 valence electrons. The third-order valence-corrected chi connectivity index (χ3v) is 4.44. The first-order valence-electron chi connectivity index (χ1n) is 7.33. The van der Waals surface area contributed by atoms with E-state index in [0.717, 1.165) is 18.9 Å². The predicted octanol–water partition coefficient (Wildman–Crippen LogP) is 2.62. The molecule has 0 spiro atoms. The molecule has 1 atom stereocenters. The van der Waals surface area contributed by atoms with Crippen LogP contribution in [0, 0.1) is 12.8 Å². The lowest BCUT2D eigenvalue weighted by Crippen LogP contribution is -2.33. The molecule has 1 aliphatic heterocycles. The fourth-order valence-corrected chi connectivity index (χ4v) is 3.03. The Kier molecular flexibility index (Phi) is 3.56. The number of benzene rings is 1. The van der Waals surface area contributed by atoms with Gasteiger partial charge in [0.05, 0.1) is 6.54 Å². The van der Waals surface area contributed by atoms with E-state index in [2.05, 4.69) is 36.5 Å². The van der Waals surface area contributed by atoms with Crippen molar-refractivity contribution in [1.29, 1.82) is 0 Å². The van der Waals surface area contributed by atoms with E-state index in [1.54, 1.807) is 0 Å². The van der Waals surface area contributed by atoms with Crippen LogP contribution in [-0.2, 0) is 4.79 Å². The van der Waals surface area contributed by atoms with Crippen LogP contribution in [0.5, 0.6) is 0 Å². The van der Waals surface area contributed by atoms with Gasteiger partial charge in [-0.25, -0.2) is 0 Å². The summed E-state index contributed by atoms with van der Waals surface area (Å²) in [5.74, 6) is 1.09. The maximum Gasteiger partial charge on any atom is 0.238 e. The van der Waals surface area contributed by atoms with E-state index in [4.69, 9.17) is 0 Å². The van der Waals surface area contributed by atoms with E-state index in [-0.39, 0.29) is 12.1 Å². The molecule has 2 fully saturated rings. The molecule has 1 saturated carbocycles. The topological polar surface area (TPSA) is 32.3 Å². The lowest BCUT2D eigenvalue weighted by molar-refractivity contribution is -0.128. The molecule has 0 bridgehead atoms. The highest BCUT2D eigenvalue weighted by Gasteiger charge is 2.32. The zero-order valence-electron chi connectivity index (χ0n) is 11.6. The number of aryl methyl sites for hydroxylation is 1. The summed E-state index contributed by atoms with van der Waals surface area (Å²) >= 11 is 0. The smallest absolute Gasteiger partial charge is 0.238 e. The minimum atomic E-state index is 0.0764. The van der Waals surface area contributed by atoms with Gasteiger partial charge in [0.1, 0.15) is 6.17 Å². The maximum absolute atomic E-state index is 12.0. The van der Waals surface area contributed by atoms with E-state index >= 15 is 0 Å². The molecule has 1 unspecified atom stereocenters. The van der Waals surface area contributed by atoms with E-state index in [1.807, 2.05) is 4.90 Å². The average molecular weight is 258 g/mol. The Morgan fingerprint density at radius 3 is 2.89 bits per heavy atom. The Balaban J connectivity index is 1.70. The lowest BCUT2D eigenvalue weighted by atomic mass is 9.83. The van der Waals surface area contributed by atoms with Crippen molar-refractivity contribution in [2.45, 2.75) is 38.8 Å². The molecule has 19 heavy (non-hydrogen) atoms. The molecule has 2 aliphatic rings. The van der Waals surface area contributed by atoms with Crippen LogP contribution in [0.1, 0.15) is 43.0 Å². The normalized spacial score (nSPS) is 23.7. The Labute approximate surface area is 115 Å². The van der Waals surface area contributed by atoms with Crippen molar-refractivity contribution in [3.63, 3.8) is 0 Å². The van der Waals surface area contributed by atoms with E-state index in [9.17, 15) is 4.79 Å². The summed E-state index contributed by atoms with van der Waals surface area (Å²) in [5, 5.41) is 3.34. The Bertz CT molecular complexity index is 468. The fourth-order valence-electron chi connectivity index (χ4n) is 3.03. The van der Waals surface area contributed by atoms with Gasteiger partial charge in [0.2, 0.25) is 5.91 Å². The average Bonchev–Trinajstić information content (AvgIpc) is 2.69. The van der Waals surface area contributed by atoms with Crippen molar-refractivity contribution in [1.82, 2.24) is 10.2 Å². The number of hydrogen-bond acceptors (Lipinski definition) is 2. The van der Waals surface area contributed by atoms with Gasteiger partial charge < -0.3 is 4.90 Å². The largest absolute Gasteiger partial charge is 0.322 e. The molecule has 1 N–H and O–H groups in total. The summed E-state index contributed by atoms with van der Waals surface area (Å²) in [6, 6.07) is 8.45. The number of carbonyl (C=O) groups is 1. The molecule has 3 nitrogen and oxygen atoms in total. The second-order valence-electron chi connectivity index (χ2n) is 5.87. The van der Waals surface area contributed by atoms with Crippen LogP contribution in [0.2, 0.25) is 0 Å². The van der Waals surface area contributed by atoms with Crippen molar-refractivity contribution in [2.75, 3.05) is 13.1 Å². The molecule has 1 saturated heterocycles. The molecular formula is C16H22N2O. The van der Waals surface area contributed by atoms with Crippen molar-refractivity contribution in [3.05, 3.63) is 35.4 Å². The van der Waals surface area contributed by atoms with Crippen molar-refractivity contribution in [3.8, 4) is 0 Å². The number of hydrogen-bond donors (Lipinski definition) is 1. The van der Waals surface area contributed by atoms with Gasteiger partial charge in [-0.05, 0) is 24.8 Å². The zero-order chi connectivity index (χ0) is 13.2. The van der Waals surface area contributed by atoms with Crippen molar-refractivity contribution in [2.24, 2.45) is 5.92 Å². The maximum atomic E-state index is 12.0. The molecule has 3 rings (SSSR count). The summed E-state index contributed by atoms with van der Waals surface area (Å²) in [5.41, 5.74) is 2.46. The summed E-state index contributed by atoms with van der Waals surface area (Å²) in [6.45, 7) is 3.47. The molecule has 0 radical (unpaired) electrons. The number of amides is 1. The number of nitrogens with one attached hydrogen (secondary N) is 1. The molecule has 1 amide bonds. The number of rotatable bonds is 4. The molecular weight excluding hydrogens is 236 g/mol. The van der Waals surface area contributed by atoms with Gasteiger partial charge in [0.15, 0.2) is 0 Å². The molecule has 3 heteroatoms. The predicted molar refractivity (Wildman–Crippen MR) is 75.6 cm³/mol. The molecule has 0 aromatic heterocycles. The Morgan fingerprint density at radius 2 is 2.21 bits per heavy atom. The van der Waals surface area contributed by atoms with E-state index in [1.165, 1.54) is 30.4 Å². The Morgan fingerprint density at radius 1 is 1.37 bits per heavy atom. The van der Waals surface area contributed by atoms with Gasteiger partial charge in [-0.1, -0.05) is 49.1 Å². The van der Waals surface area contributed by atoms with Crippen molar-refractivity contribution >= 4 is 5.91 Å². The van der Waals surface area contributed by atoms with Gasteiger partial charge in [-0.2, -0.15) is 0 Å². The highest BCUT2D eigenvalue weighted by Crippen LogP contribution is 2.31. The third-order valence-electron chi connectivity index (χ3n) is 4.44. The summed E-state index contributed by atoms with van der Waals surface area (Å²) in [4.78, 5) is 14.0. The number of carbonyl (C=O) groups excluding carboxylic acids is 1. The van der Waals surface area contributed by atoms with Crippen LogP contribution in [0.25, 0.3) is 0 Å². The minimum Gasteiger partial charge on any atom is -0.322 e. The van der Waals surface area contributed by atoms with Crippen LogP contribution < -0.4 is 5.32 Å². The van der Waals surface area contributed by atoms with Gasteiger partial charge in [0, 0.05) is 6.54 Å². The third kappa shape index (κ3) is 2.66. The molecule has 1 aromatic rings. The van der Waals surface area contributed by atoms with Gasteiger partial charge >= 0.3 is 0 Å². The van der Waals surface area contributed by atoms with Crippen LogP contribution in [0.15, 0.2) is 24.3 Å². The first-order chi connectivity index (χ1) is 9.24. The van der Waals surface area contributed by atoms with Gasteiger partial charge in [0.25, 0.3) is 0 Å². The second kappa shape index (κ2) is 5.33. The van der Waals surface area contributed by atoms with E-state index in [0.29, 0.717) is 6.54 Å². The molecule has 1 aliphatic carbocycles. The Hall–Kier alpha value is -1.35. The van der Waals surface area contributed by atoms with Crippen LogP contribution in [-0.4, -0.2) is 23.9 Å². The van der Waals surface area contributed by atoms with Crippen LogP contribution in [0.4, 0.5) is 0 Å². The van der Waals surface area contributed by atoms with Gasteiger partial charge in [-0.15, -0.1) is 0 Å². The standard InChI is InChI=1S/C16H22N2O/c1-12-4-2-7-14(10-12)16-17-11-15(19)18(16)9-8-13-5-3-6-13/h2,4,7,10,13,16-17H,3,5-6,8-9,11H2,1H3. The second-order valence-corrected chi connectivity index (χ2v) is 5.87. The fraction of sp³-hybridized carbons (Fsp3) is 0.562. The lowest BCUT2D eigenvalue weighted by Gasteiger charge is -2.30. The minimum absolute atomic E-state index is 0.0764. The highest BCUT2D eigenvalue weighted by molar-refractivity contribution is 5.80. The molecule has 1 heterocycles. The first-order valence-corrected chi connectivity index (χ1v) is 7.33. The van der Waals surface area contributed by atoms with Crippen LogP contribution >= 0.6 is 0 Å².